The third-order valence-electron chi connectivity index (χ3n) is 3.95. The van der Waals surface area contributed by atoms with Crippen molar-refractivity contribution in [1.82, 2.24) is 9.78 Å². The fourth-order valence-corrected chi connectivity index (χ4v) is 4.81. The molecule has 2 heterocycles. The first-order chi connectivity index (χ1) is 12.2. The Morgan fingerprint density at radius 2 is 2.19 bits per heavy atom. The van der Waals surface area contributed by atoms with Crippen molar-refractivity contribution in [2.75, 3.05) is 23.4 Å². The number of anilines is 1. The molecule has 26 heavy (non-hydrogen) atoms. The van der Waals surface area contributed by atoms with Crippen LogP contribution < -0.4 is 10.1 Å². The number of aromatic nitrogens is 2. The molecule has 0 saturated carbocycles. The Hall–Kier alpha value is -1.77. The van der Waals surface area contributed by atoms with E-state index in [1.807, 2.05) is 0 Å². The third-order valence-corrected chi connectivity index (χ3v) is 6.51. The van der Waals surface area contributed by atoms with Crippen molar-refractivity contribution in [3.05, 3.63) is 40.0 Å². The maximum atomic E-state index is 12.2. The topological polar surface area (TPSA) is 90.3 Å². The molecule has 0 spiro atoms. The van der Waals surface area contributed by atoms with E-state index < -0.39 is 15.7 Å². The minimum Gasteiger partial charge on any atom is -0.482 e. The van der Waals surface area contributed by atoms with E-state index in [0.29, 0.717) is 28.7 Å². The molecular weight excluding hydrogens is 401 g/mol. The summed E-state index contributed by atoms with van der Waals surface area (Å²) in [5.74, 6) is 0.478. The summed E-state index contributed by atoms with van der Waals surface area (Å²) in [6.07, 6.45) is 0.473. The van der Waals surface area contributed by atoms with Crippen molar-refractivity contribution in [3.63, 3.8) is 0 Å². The first kappa shape index (κ1) is 19.0. The lowest BCUT2D eigenvalue weighted by atomic mass is 10.3. The van der Waals surface area contributed by atoms with Crippen LogP contribution in [0.1, 0.15) is 18.2 Å². The largest absolute Gasteiger partial charge is 0.482 e. The van der Waals surface area contributed by atoms with Gasteiger partial charge in [0.15, 0.2) is 16.4 Å². The first-order valence-corrected chi connectivity index (χ1v) is 10.5. The van der Waals surface area contributed by atoms with E-state index in [0.717, 1.165) is 0 Å². The second kappa shape index (κ2) is 7.46. The predicted molar refractivity (Wildman–Crippen MR) is 99.9 cm³/mol. The molecule has 0 bridgehead atoms. The molecule has 1 unspecified atom stereocenters. The van der Waals surface area contributed by atoms with E-state index in [-0.39, 0.29) is 29.2 Å². The lowest BCUT2D eigenvalue weighted by Gasteiger charge is -2.14. The molecule has 1 fully saturated rings. The quantitative estimate of drug-likeness (QED) is 0.807. The van der Waals surface area contributed by atoms with Gasteiger partial charge in [0.2, 0.25) is 0 Å². The molecule has 7 nitrogen and oxygen atoms in total. The van der Waals surface area contributed by atoms with Crippen molar-refractivity contribution < 1.29 is 17.9 Å². The summed E-state index contributed by atoms with van der Waals surface area (Å²) in [7, 11) is -3.06. The number of amides is 1. The van der Waals surface area contributed by atoms with Crippen molar-refractivity contribution in [1.29, 1.82) is 0 Å². The van der Waals surface area contributed by atoms with Gasteiger partial charge in [0.1, 0.15) is 16.6 Å². The Kier molecular flexibility index (Phi) is 5.45. The van der Waals surface area contributed by atoms with Crippen LogP contribution in [0.3, 0.4) is 0 Å². The number of nitrogens with zero attached hydrogens (tertiary/aromatic N) is 2. The maximum Gasteiger partial charge on any atom is 0.263 e. The highest BCUT2D eigenvalue weighted by molar-refractivity contribution is 7.91. The Bertz CT molecular complexity index is 943. The fraction of sp³-hybridized carbons (Fsp3) is 0.375. The van der Waals surface area contributed by atoms with Crippen LogP contribution in [-0.2, 0) is 14.6 Å². The van der Waals surface area contributed by atoms with Gasteiger partial charge in [0.05, 0.1) is 28.3 Å². The van der Waals surface area contributed by atoms with Crippen LogP contribution in [0.25, 0.3) is 0 Å². The van der Waals surface area contributed by atoms with Crippen molar-refractivity contribution >= 4 is 44.8 Å². The number of halogens is 2. The van der Waals surface area contributed by atoms with Gasteiger partial charge in [-0.05, 0) is 25.5 Å². The van der Waals surface area contributed by atoms with E-state index in [9.17, 15) is 13.2 Å². The molecule has 1 aromatic carbocycles. The summed E-state index contributed by atoms with van der Waals surface area (Å²) in [4.78, 5) is 12.2. The maximum absolute atomic E-state index is 12.2. The van der Waals surface area contributed by atoms with Crippen molar-refractivity contribution in [2.24, 2.45) is 0 Å². The van der Waals surface area contributed by atoms with Gasteiger partial charge in [-0.2, -0.15) is 5.10 Å². The number of nitrogens with one attached hydrogen (secondary N) is 1. The highest BCUT2D eigenvalue weighted by atomic mass is 35.5. The molecule has 1 amide bonds. The summed E-state index contributed by atoms with van der Waals surface area (Å²) in [5, 5.41) is 7.59. The summed E-state index contributed by atoms with van der Waals surface area (Å²) in [6, 6.07) is 6.30. The van der Waals surface area contributed by atoms with Gasteiger partial charge in [-0.1, -0.05) is 29.3 Å². The molecule has 1 aliphatic rings. The number of hydrogen-bond donors (Lipinski definition) is 1. The molecular formula is C16H17Cl2N3O4S. The molecule has 140 valence electrons. The fourth-order valence-electron chi connectivity index (χ4n) is 2.77. The monoisotopic (exact) mass is 417 g/mol. The van der Waals surface area contributed by atoms with Gasteiger partial charge in [0.25, 0.3) is 5.91 Å². The van der Waals surface area contributed by atoms with Crippen LogP contribution in [-0.4, -0.2) is 42.2 Å². The smallest absolute Gasteiger partial charge is 0.263 e. The average Bonchev–Trinajstić information content (AvgIpc) is 3.10. The molecule has 1 saturated heterocycles. The highest BCUT2D eigenvalue weighted by Crippen LogP contribution is 2.31. The Labute approximate surface area is 161 Å². The van der Waals surface area contributed by atoms with Gasteiger partial charge < -0.3 is 10.1 Å². The van der Waals surface area contributed by atoms with Crippen LogP contribution >= 0.6 is 23.2 Å². The minimum absolute atomic E-state index is 0.0195. The molecule has 1 atom stereocenters. The van der Waals surface area contributed by atoms with Crippen molar-refractivity contribution in [2.45, 2.75) is 19.4 Å². The lowest BCUT2D eigenvalue weighted by molar-refractivity contribution is -0.118. The van der Waals surface area contributed by atoms with Gasteiger partial charge in [-0.15, -0.1) is 0 Å². The highest BCUT2D eigenvalue weighted by Gasteiger charge is 2.31. The van der Waals surface area contributed by atoms with E-state index in [4.69, 9.17) is 27.9 Å². The second-order valence-corrected chi connectivity index (χ2v) is 9.08. The zero-order chi connectivity index (χ0) is 18.9. The lowest BCUT2D eigenvalue weighted by Crippen LogP contribution is -2.24. The van der Waals surface area contributed by atoms with Gasteiger partial charge >= 0.3 is 0 Å². The molecule has 2 aromatic rings. The summed E-state index contributed by atoms with van der Waals surface area (Å²) in [6.45, 7) is 1.51. The van der Waals surface area contributed by atoms with Gasteiger partial charge in [-0.3, -0.25) is 4.79 Å². The molecule has 1 N–H and O–H groups in total. The van der Waals surface area contributed by atoms with Gasteiger partial charge in [0, 0.05) is 6.07 Å². The normalized spacial score (nSPS) is 18.7. The molecule has 1 aliphatic heterocycles. The van der Waals surface area contributed by atoms with Gasteiger partial charge in [-0.25, -0.2) is 13.1 Å². The Morgan fingerprint density at radius 1 is 1.42 bits per heavy atom. The molecule has 3 rings (SSSR count). The van der Waals surface area contributed by atoms with Crippen LogP contribution in [0, 0.1) is 6.92 Å². The van der Waals surface area contributed by atoms with Crippen LogP contribution in [0.4, 0.5) is 5.82 Å². The minimum atomic E-state index is -3.06. The van der Waals surface area contributed by atoms with Crippen LogP contribution in [0.15, 0.2) is 24.3 Å². The zero-order valence-electron chi connectivity index (χ0n) is 13.9. The van der Waals surface area contributed by atoms with Crippen molar-refractivity contribution in [3.8, 4) is 5.75 Å². The Balaban J connectivity index is 1.67. The standard InChI is InChI=1S/C16H17Cl2N3O4S/c1-10-7-14(21(20-10)11-5-6-26(23,24)9-11)19-15(22)8-25-13-4-2-3-12(17)16(13)18/h2-4,7,11H,5-6,8-9H2,1H3,(H,19,22). The number of hydrogen-bond acceptors (Lipinski definition) is 5. The van der Waals surface area contributed by atoms with Crippen LogP contribution in [0.5, 0.6) is 5.75 Å². The number of sulfone groups is 1. The molecule has 10 heteroatoms. The summed E-state index contributed by atoms with van der Waals surface area (Å²) < 4.78 is 30.4. The third kappa shape index (κ3) is 4.31. The average molecular weight is 418 g/mol. The number of carbonyl (C=O) groups excluding carboxylic acids is 1. The number of benzene rings is 1. The number of carbonyl (C=O) groups is 1. The van der Waals surface area contributed by atoms with E-state index in [1.54, 1.807) is 35.9 Å². The second-order valence-electron chi connectivity index (χ2n) is 6.06. The Morgan fingerprint density at radius 3 is 2.88 bits per heavy atom. The van der Waals surface area contributed by atoms with E-state index in [1.165, 1.54) is 0 Å². The molecule has 1 aromatic heterocycles. The summed E-state index contributed by atoms with van der Waals surface area (Å²) in [5.41, 5.74) is 0.684. The number of rotatable bonds is 5. The number of aryl methyl sites for hydroxylation is 1. The SMILES string of the molecule is Cc1cc(NC(=O)COc2cccc(Cl)c2Cl)n(C2CCS(=O)(=O)C2)n1. The summed E-state index contributed by atoms with van der Waals surface area (Å²) >= 11 is 11.9. The first-order valence-electron chi connectivity index (χ1n) is 7.88. The zero-order valence-corrected chi connectivity index (χ0v) is 16.2. The predicted octanol–water partition coefficient (Wildman–Crippen LogP) is 2.88. The molecule has 0 aliphatic carbocycles. The number of ether oxygens (including phenoxy) is 1. The molecule has 0 radical (unpaired) electrons. The van der Waals surface area contributed by atoms with E-state index >= 15 is 0 Å². The van der Waals surface area contributed by atoms with E-state index in [2.05, 4.69) is 10.4 Å². The van der Waals surface area contributed by atoms with Crippen LogP contribution in [0.2, 0.25) is 10.0 Å².